The second kappa shape index (κ2) is 9.07. The summed E-state index contributed by atoms with van der Waals surface area (Å²) in [5.41, 5.74) is 3.55. The van der Waals surface area contributed by atoms with E-state index < -0.39 is 12.7 Å². The highest BCUT2D eigenvalue weighted by atomic mass is 16.3. The topological polar surface area (TPSA) is 119 Å². The van der Waals surface area contributed by atoms with E-state index in [1.54, 1.807) is 0 Å². The van der Waals surface area contributed by atoms with E-state index >= 15 is 0 Å². The average Bonchev–Trinajstić information content (AvgIpc) is 2.69. The van der Waals surface area contributed by atoms with Gasteiger partial charge in [0.25, 0.3) is 0 Å². The summed E-state index contributed by atoms with van der Waals surface area (Å²) in [5, 5.41) is 25.2. The summed E-state index contributed by atoms with van der Waals surface area (Å²) in [6.45, 7) is 1.41. The van der Waals surface area contributed by atoms with E-state index in [1.165, 1.54) is 12.6 Å². The quantitative estimate of drug-likeness (QED) is 0.433. The first-order valence-electron chi connectivity index (χ1n) is 8.66. The number of aliphatic hydroxyl groups is 2. The number of hydrazone groups is 1. The zero-order chi connectivity index (χ0) is 18.2. The van der Waals surface area contributed by atoms with Gasteiger partial charge in [-0.05, 0) is 31.4 Å². The number of piperidine rings is 1. The normalized spacial score (nSPS) is 15.8. The van der Waals surface area contributed by atoms with Crippen LogP contribution in [0.3, 0.4) is 0 Å². The summed E-state index contributed by atoms with van der Waals surface area (Å²) in [6.07, 6.45) is 3.58. The number of aromatic nitrogens is 3. The summed E-state index contributed by atoms with van der Waals surface area (Å²) >= 11 is 0. The van der Waals surface area contributed by atoms with Crippen LogP contribution >= 0.6 is 0 Å². The fraction of sp³-hybridized carbons (Fsp3) is 0.412. The molecule has 4 N–H and O–H groups in total. The van der Waals surface area contributed by atoms with Crippen LogP contribution < -0.4 is 15.6 Å². The lowest BCUT2D eigenvalue weighted by atomic mass is 10.1. The van der Waals surface area contributed by atoms with Crippen molar-refractivity contribution in [3.8, 4) is 0 Å². The van der Waals surface area contributed by atoms with Crippen molar-refractivity contribution in [2.75, 3.05) is 35.3 Å². The van der Waals surface area contributed by atoms with Gasteiger partial charge >= 0.3 is 0 Å². The summed E-state index contributed by atoms with van der Waals surface area (Å²) < 4.78 is 0. The van der Waals surface area contributed by atoms with Crippen LogP contribution in [-0.4, -0.2) is 57.2 Å². The number of para-hydroxylation sites is 1. The lowest BCUT2D eigenvalue weighted by Crippen LogP contribution is -2.31. The van der Waals surface area contributed by atoms with E-state index in [0.717, 1.165) is 31.6 Å². The third-order valence-corrected chi connectivity index (χ3v) is 3.89. The maximum atomic E-state index is 9.33. The first-order valence-corrected chi connectivity index (χ1v) is 8.66. The number of benzene rings is 1. The summed E-state index contributed by atoms with van der Waals surface area (Å²) in [6, 6.07) is 9.63. The Balaban J connectivity index is 1.82. The van der Waals surface area contributed by atoms with Crippen molar-refractivity contribution in [1.29, 1.82) is 0 Å². The molecule has 2 heterocycles. The average molecular weight is 357 g/mol. The van der Waals surface area contributed by atoms with E-state index in [9.17, 15) is 5.11 Å². The number of hydrogen-bond donors (Lipinski definition) is 4. The molecule has 3 rings (SSSR count). The van der Waals surface area contributed by atoms with E-state index in [-0.39, 0.29) is 5.95 Å². The lowest BCUT2D eigenvalue weighted by Gasteiger charge is -2.26. The SMILES string of the molecule is OC[C@@H](O)/C=N\Nc1nc(Nc2ccccc2)nc(N2CCCCC2)n1. The Morgan fingerprint density at radius 2 is 1.81 bits per heavy atom. The maximum Gasteiger partial charge on any atom is 0.250 e. The van der Waals surface area contributed by atoms with E-state index in [4.69, 9.17) is 5.11 Å². The molecular weight excluding hydrogens is 334 g/mol. The number of nitrogens with zero attached hydrogens (tertiary/aromatic N) is 5. The van der Waals surface area contributed by atoms with Crippen molar-refractivity contribution in [2.24, 2.45) is 5.10 Å². The summed E-state index contributed by atoms with van der Waals surface area (Å²) in [7, 11) is 0. The van der Waals surface area contributed by atoms with Crippen molar-refractivity contribution in [3.05, 3.63) is 30.3 Å². The maximum absolute atomic E-state index is 9.33. The molecule has 0 bridgehead atoms. The number of rotatable bonds is 7. The number of anilines is 4. The minimum absolute atomic E-state index is 0.264. The molecule has 0 amide bonds. The molecule has 1 aliphatic rings. The molecule has 1 aliphatic heterocycles. The van der Waals surface area contributed by atoms with Crippen LogP contribution in [0.25, 0.3) is 0 Å². The molecule has 1 aromatic heterocycles. The third kappa shape index (κ3) is 5.11. The van der Waals surface area contributed by atoms with Crippen molar-refractivity contribution in [3.63, 3.8) is 0 Å². The van der Waals surface area contributed by atoms with Crippen LogP contribution in [-0.2, 0) is 0 Å². The van der Waals surface area contributed by atoms with Crippen LogP contribution in [0.2, 0.25) is 0 Å². The molecule has 1 saturated heterocycles. The van der Waals surface area contributed by atoms with Crippen molar-refractivity contribution in [2.45, 2.75) is 25.4 Å². The molecule has 2 aromatic rings. The van der Waals surface area contributed by atoms with Crippen molar-refractivity contribution < 1.29 is 10.2 Å². The van der Waals surface area contributed by atoms with Crippen LogP contribution in [0.1, 0.15) is 19.3 Å². The zero-order valence-corrected chi connectivity index (χ0v) is 14.4. The van der Waals surface area contributed by atoms with Gasteiger partial charge in [-0.25, -0.2) is 5.43 Å². The standard InChI is InChI=1S/C17H23N7O2/c25-12-14(26)11-18-23-16-20-15(19-13-7-3-1-4-8-13)21-17(22-16)24-9-5-2-6-10-24/h1,3-4,7-8,11,14,25-26H,2,5-6,9-10,12H2,(H2,19,20,21,22,23)/b18-11-/t14-/m0/s1. The van der Waals surface area contributed by atoms with Gasteiger partial charge in [0.1, 0.15) is 6.10 Å². The highest BCUT2D eigenvalue weighted by Gasteiger charge is 2.16. The van der Waals surface area contributed by atoms with Gasteiger partial charge in [-0.15, -0.1) is 0 Å². The molecule has 0 saturated carbocycles. The fourth-order valence-corrected chi connectivity index (χ4v) is 2.58. The number of aliphatic hydroxyl groups excluding tert-OH is 2. The second-order valence-corrected chi connectivity index (χ2v) is 5.96. The fourth-order valence-electron chi connectivity index (χ4n) is 2.58. The molecule has 26 heavy (non-hydrogen) atoms. The monoisotopic (exact) mass is 357 g/mol. The Kier molecular flexibility index (Phi) is 6.29. The highest BCUT2D eigenvalue weighted by molar-refractivity contribution is 5.64. The lowest BCUT2D eigenvalue weighted by molar-refractivity contribution is 0.148. The molecule has 1 aromatic carbocycles. The summed E-state index contributed by atoms with van der Waals surface area (Å²) in [5.74, 6) is 1.26. The van der Waals surface area contributed by atoms with Gasteiger partial charge in [-0.1, -0.05) is 18.2 Å². The largest absolute Gasteiger partial charge is 0.393 e. The van der Waals surface area contributed by atoms with Gasteiger partial charge in [0.05, 0.1) is 12.8 Å². The van der Waals surface area contributed by atoms with Crippen molar-refractivity contribution >= 4 is 29.7 Å². The first-order chi connectivity index (χ1) is 12.7. The van der Waals surface area contributed by atoms with Gasteiger partial charge in [-0.3, -0.25) is 0 Å². The van der Waals surface area contributed by atoms with E-state index in [0.29, 0.717) is 11.9 Å². The molecular formula is C17H23N7O2. The van der Waals surface area contributed by atoms with Gasteiger partial charge in [-0.2, -0.15) is 20.1 Å². The molecule has 138 valence electrons. The minimum atomic E-state index is -1.03. The van der Waals surface area contributed by atoms with Gasteiger partial charge in [0.2, 0.25) is 17.8 Å². The molecule has 0 aliphatic carbocycles. The summed E-state index contributed by atoms with van der Waals surface area (Å²) in [4.78, 5) is 15.4. The predicted octanol–water partition coefficient (Wildman–Crippen LogP) is 1.36. The second-order valence-electron chi connectivity index (χ2n) is 5.96. The van der Waals surface area contributed by atoms with Crippen LogP contribution in [0.4, 0.5) is 23.5 Å². The first kappa shape index (κ1) is 18.0. The smallest absolute Gasteiger partial charge is 0.250 e. The Bertz CT molecular complexity index is 720. The minimum Gasteiger partial charge on any atom is -0.393 e. The molecule has 9 nitrogen and oxygen atoms in total. The molecule has 0 unspecified atom stereocenters. The Morgan fingerprint density at radius 3 is 2.54 bits per heavy atom. The zero-order valence-electron chi connectivity index (χ0n) is 14.4. The van der Waals surface area contributed by atoms with Crippen LogP contribution in [0.5, 0.6) is 0 Å². The molecule has 0 radical (unpaired) electrons. The molecule has 1 atom stereocenters. The van der Waals surface area contributed by atoms with Crippen LogP contribution in [0, 0.1) is 0 Å². The Labute approximate surface area is 151 Å². The van der Waals surface area contributed by atoms with Gasteiger partial charge < -0.3 is 20.4 Å². The Hall–Kier alpha value is -2.78. The highest BCUT2D eigenvalue weighted by Crippen LogP contribution is 2.20. The third-order valence-electron chi connectivity index (χ3n) is 3.89. The van der Waals surface area contributed by atoms with E-state index in [1.807, 2.05) is 30.3 Å². The predicted molar refractivity (Wildman–Crippen MR) is 101 cm³/mol. The van der Waals surface area contributed by atoms with Crippen LogP contribution in [0.15, 0.2) is 35.4 Å². The molecule has 1 fully saturated rings. The Morgan fingerprint density at radius 1 is 1.08 bits per heavy atom. The molecule has 0 spiro atoms. The number of nitrogens with one attached hydrogen (secondary N) is 2. The van der Waals surface area contributed by atoms with Crippen molar-refractivity contribution in [1.82, 2.24) is 15.0 Å². The number of hydrogen-bond acceptors (Lipinski definition) is 9. The molecule has 9 heteroatoms. The van der Waals surface area contributed by atoms with Gasteiger partial charge in [0, 0.05) is 18.8 Å². The van der Waals surface area contributed by atoms with E-state index in [2.05, 4.69) is 35.7 Å². The van der Waals surface area contributed by atoms with Gasteiger partial charge in [0.15, 0.2) is 0 Å².